The molecule has 4 aromatic heterocycles. The van der Waals surface area contributed by atoms with Crippen LogP contribution in [0.5, 0.6) is 5.88 Å². The Balaban J connectivity index is 1.52. The number of hydrogen-bond donors (Lipinski definition) is 0. The van der Waals surface area contributed by atoms with Crippen LogP contribution in [0, 0.1) is 18.3 Å². The Bertz CT molecular complexity index is 1370. The second kappa shape index (κ2) is 8.23. The smallest absolute Gasteiger partial charge is 0.435 e. The molecule has 0 bridgehead atoms. The summed E-state index contributed by atoms with van der Waals surface area (Å²) < 4.78 is 7.84. The molecule has 0 unspecified atom stereocenters. The fraction of sp³-hybridized carbons (Fsp3) is 0.273. The molecule has 11 nitrogen and oxygen atoms in total. The minimum atomic E-state index is -0.462. The fourth-order valence-corrected chi connectivity index (χ4v) is 3.54. The number of pyridine rings is 2. The molecule has 0 saturated carbocycles. The fourth-order valence-electron chi connectivity index (χ4n) is 3.54. The highest BCUT2D eigenvalue weighted by Gasteiger charge is 2.25. The van der Waals surface area contributed by atoms with Gasteiger partial charge in [0.2, 0.25) is 5.88 Å². The number of hydrogen-bond acceptors (Lipinski definition) is 8. The number of rotatable bonds is 5. The lowest BCUT2D eigenvalue weighted by Gasteiger charge is -2.28. The number of ether oxygens (including phenoxy) is 1. The molecule has 0 radical (unpaired) electrons. The normalized spacial score (nSPS) is 13.9. The summed E-state index contributed by atoms with van der Waals surface area (Å²) in [5.41, 5.74) is 3.30. The molecule has 0 N–H and O–H groups in total. The van der Waals surface area contributed by atoms with Crippen molar-refractivity contribution in [2.24, 2.45) is 0 Å². The third-order valence-electron chi connectivity index (χ3n) is 5.50. The van der Waals surface area contributed by atoms with Crippen LogP contribution < -0.4 is 9.57 Å². The summed E-state index contributed by atoms with van der Waals surface area (Å²) in [7, 11) is 0. The third kappa shape index (κ3) is 3.71. The minimum Gasteiger partial charge on any atom is -0.469 e. The van der Waals surface area contributed by atoms with E-state index < -0.39 is 6.09 Å². The first-order valence-corrected chi connectivity index (χ1v) is 10.4. The van der Waals surface area contributed by atoms with E-state index in [1.165, 1.54) is 6.20 Å². The topological polar surface area (TPSA) is 123 Å². The molecule has 1 amide bonds. The van der Waals surface area contributed by atoms with Crippen molar-refractivity contribution in [3.05, 3.63) is 59.8 Å². The van der Waals surface area contributed by atoms with Gasteiger partial charge in [-0.1, -0.05) is 10.9 Å². The highest BCUT2D eigenvalue weighted by Crippen LogP contribution is 2.30. The van der Waals surface area contributed by atoms with Gasteiger partial charge in [0.1, 0.15) is 34.9 Å². The first-order valence-electron chi connectivity index (χ1n) is 10.4. The predicted molar refractivity (Wildman–Crippen MR) is 115 cm³/mol. The quantitative estimate of drug-likeness (QED) is 0.430. The van der Waals surface area contributed by atoms with Gasteiger partial charge in [0, 0.05) is 30.9 Å². The van der Waals surface area contributed by atoms with Crippen LogP contribution in [0.3, 0.4) is 0 Å². The zero-order chi connectivity index (χ0) is 22.9. The van der Waals surface area contributed by atoms with Crippen LogP contribution in [0.1, 0.15) is 36.5 Å². The predicted octanol–water partition coefficient (Wildman–Crippen LogP) is 2.56. The van der Waals surface area contributed by atoms with Crippen molar-refractivity contribution in [3.8, 4) is 23.2 Å². The van der Waals surface area contributed by atoms with Crippen LogP contribution >= 0.6 is 0 Å². The lowest BCUT2D eigenvalue weighted by molar-refractivity contribution is 0.0571. The first kappa shape index (κ1) is 20.4. The number of likely N-dealkylation sites (tertiary alicyclic amines) is 1. The number of fused-ring (bicyclic) bond motifs is 1. The van der Waals surface area contributed by atoms with Gasteiger partial charge in [0.15, 0.2) is 0 Å². The van der Waals surface area contributed by atoms with Gasteiger partial charge in [-0.25, -0.2) is 9.78 Å². The average Bonchev–Trinajstić information content (AvgIpc) is 3.36. The Kier molecular flexibility index (Phi) is 5.10. The zero-order valence-corrected chi connectivity index (χ0v) is 18.0. The van der Waals surface area contributed by atoms with E-state index in [0.717, 1.165) is 17.0 Å². The summed E-state index contributed by atoms with van der Waals surface area (Å²) in [5.74, 6) is 0.404. The van der Waals surface area contributed by atoms with Crippen LogP contribution in [-0.2, 0) is 0 Å². The van der Waals surface area contributed by atoms with Gasteiger partial charge in [-0.2, -0.15) is 5.26 Å². The lowest BCUT2D eigenvalue weighted by Crippen LogP contribution is -2.46. The maximum atomic E-state index is 12.2. The highest BCUT2D eigenvalue weighted by atomic mass is 16.7. The molecule has 33 heavy (non-hydrogen) atoms. The number of amides is 1. The van der Waals surface area contributed by atoms with E-state index in [-0.39, 0.29) is 6.10 Å². The van der Waals surface area contributed by atoms with Gasteiger partial charge in [-0.15, -0.1) is 5.10 Å². The molecule has 1 saturated heterocycles. The van der Waals surface area contributed by atoms with E-state index in [4.69, 9.17) is 9.57 Å². The van der Waals surface area contributed by atoms with Crippen molar-refractivity contribution < 1.29 is 14.4 Å². The van der Waals surface area contributed by atoms with Crippen LogP contribution in [0.2, 0.25) is 0 Å². The number of aromatic nitrogens is 6. The Hall–Kier alpha value is -4.46. The number of imidazole rings is 1. The molecule has 1 fully saturated rings. The van der Waals surface area contributed by atoms with Crippen molar-refractivity contribution >= 4 is 11.7 Å². The highest BCUT2D eigenvalue weighted by molar-refractivity contribution is 5.70. The van der Waals surface area contributed by atoms with Crippen molar-refractivity contribution in [1.82, 2.24) is 34.4 Å². The molecular formula is C22H20N8O3. The number of nitrogens with zero attached hydrogens (tertiary/aromatic N) is 8. The number of carbonyl (C=O) groups excluding carboxylic acids is 1. The summed E-state index contributed by atoms with van der Waals surface area (Å²) in [4.78, 5) is 28.9. The summed E-state index contributed by atoms with van der Waals surface area (Å²) in [6.45, 7) is 4.98. The Labute approximate surface area is 188 Å². The van der Waals surface area contributed by atoms with Crippen molar-refractivity contribution in [2.45, 2.75) is 26.4 Å². The molecule has 5 heterocycles. The molecule has 1 aliphatic rings. The lowest BCUT2D eigenvalue weighted by atomic mass is 10.1. The molecule has 4 aromatic rings. The molecule has 166 valence electrons. The number of nitriles is 1. The third-order valence-corrected chi connectivity index (χ3v) is 5.50. The summed E-state index contributed by atoms with van der Waals surface area (Å²) in [6, 6.07) is 11.3. The van der Waals surface area contributed by atoms with Gasteiger partial charge >= 0.3 is 6.09 Å². The van der Waals surface area contributed by atoms with Crippen LogP contribution in [0.15, 0.2) is 42.7 Å². The molecule has 0 spiro atoms. The molecular weight excluding hydrogens is 424 g/mol. The van der Waals surface area contributed by atoms with Crippen molar-refractivity contribution in [2.75, 3.05) is 13.1 Å². The molecule has 5 rings (SSSR count). The van der Waals surface area contributed by atoms with Crippen LogP contribution in [-0.4, -0.2) is 53.6 Å². The minimum absolute atomic E-state index is 0.337. The van der Waals surface area contributed by atoms with E-state index in [1.54, 1.807) is 34.6 Å². The largest absolute Gasteiger partial charge is 0.469 e. The van der Waals surface area contributed by atoms with E-state index >= 15 is 0 Å². The van der Waals surface area contributed by atoms with Crippen molar-refractivity contribution in [1.29, 1.82) is 5.26 Å². The van der Waals surface area contributed by atoms with Crippen molar-refractivity contribution in [3.63, 3.8) is 0 Å². The average molecular weight is 444 g/mol. The Morgan fingerprint density at radius 1 is 1.24 bits per heavy atom. The molecule has 11 heteroatoms. The summed E-state index contributed by atoms with van der Waals surface area (Å²) >= 11 is 0. The molecule has 1 aliphatic heterocycles. The van der Waals surface area contributed by atoms with Crippen LogP contribution in [0.4, 0.5) is 4.79 Å². The molecule has 1 atom stereocenters. The second-order valence-corrected chi connectivity index (χ2v) is 7.64. The van der Waals surface area contributed by atoms with E-state index in [2.05, 4.69) is 26.3 Å². The van der Waals surface area contributed by atoms with Crippen LogP contribution in [0.25, 0.3) is 16.9 Å². The SMILES string of the molecule is Cc1c(-c2cc(O[C@H](C)c3ccccn3)n3c(C#N)cnc3c2)nnn1OC(=O)N1CCC1. The van der Waals surface area contributed by atoms with Gasteiger partial charge in [0.05, 0.1) is 11.9 Å². The summed E-state index contributed by atoms with van der Waals surface area (Å²) in [6.07, 6.45) is 3.30. The van der Waals surface area contributed by atoms with E-state index in [9.17, 15) is 10.1 Å². The monoisotopic (exact) mass is 444 g/mol. The number of carbonyl (C=O) groups is 1. The first-order chi connectivity index (χ1) is 16.0. The molecule has 0 aliphatic carbocycles. The van der Waals surface area contributed by atoms with E-state index in [1.807, 2.05) is 25.1 Å². The van der Waals surface area contributed by atoms with Gasteiger partial charge in [-0.05, 0) is 43.7 Å². The molecule has 0 aromatic carbocycles. The van der Waals surface area contributed by atoms with Gasteiger partial charge in [0.25, 0.3) is 0 Å². The second-order valence-electron chi connectivity index (χ2n) is 7.64. The van der Waals surface area contributed by atoms with E-state index in [0.29, 0.717) is 47.3 Å². The standard InChI is InChI=1S/C22H20N8O3/c1-14-21(26-27-30(14)33-22(31)28-8-5-9-28)16-10-19-25-13-17(12-23)29(19)20(11-16)32-15(2)18-6-3-4-7-24-18/h3-4,6-7,10-11,13,15H,5,8-9H2,1-2H3/t15-/m1/s1. The Morgan fingerprint density at radius 2 is 2.09 bits per heavy atom. The Morgan fingerprint density at radius 3 is 2.79 bits per heavy atom. The summed E-state index contributed by atoms with van der Waals surface area (Å²) in [5, 5.41) is 17.7. The van der Waals surface area contributed by atoms with Gasteiger partial charge in [-0.3, -0.25) is 14.2 Å². The zero-order valence-electron chi connectivity index (χ0n) is 18.0. The maximum absolute atomic E-state index is 12.2. The maximum Gasteiger partial charge on any atom is 0.435 e. The van der Waals surface area contributed by atoms with Gasteiger partial charge < -0.3 is 9.64 Å².